The Bertz CT molecular complexity index is 657. The number of nitrogens with zero attached hydrogens (tertiary/aromatic N) is 2. The van der Waals surface area contributed by atoms with Crippen molar-refractivity contribution < 1.29 is 5.11 Å². The summed E-state index contributed by atoms with van der Waals surface area (Å²) in [6.45, 7) is 6.75. The molecule has 5 nitrogen and oxygen atoms in total. The number of guanidine groups is 1. The number of halogens is 1. The largest absolute Gasteiger partial charge is 0.396 e. The van der Waals surface area contributed by atoms with Gasteiger partial charge in [-0.1, -0.05) is 43.5 Å². The van der Waals surface area contributed by atoms with Crippen LogP contribution in [0.4, 0.5) is 5.69 Å². The van der Waals surface area contributed by atoms with Gasteiger partial charge < -0.3 is 20.6 Å². The van der Waals surface area contributed by atoms with Crippen LogP contribution in [-0.4, -0.2) is 43.9 Å². The summed E-state index contributed by atoms with van der Waals surface area (Å²) in [4.78, 5) is 7.18. The monoisotopic (exact) mass is 512 g/mol. The highest BCUT2D eigenvalue weighted by molar-refractivity contribution is 14.0. The fourth-order valence-corrected chi connectivity index (χ4v) is 4.38. The maximum absolute atomic E-state index is 9.54. The van der Waals surface area contributed by atoms with E-state index in [1.165, 1.54) is 43.4 Å². The molecule has 1 aromatic carbocycles. The van der Waals surface area contributed by atoms with Crippen molar-refractivity contribution in [2.24, 2.45) is 10.4 Å². The molecule has 0 atom stereocenters. The maximum atomic E-state index is 9.54. The first-order valence-electron chi connectivity index (χ1n) is 10.9. The lowest BCUT2D eigenvalue weighted by molar-refractivity contribution is 0.131. The minimum Gasteiger partial charge on any atom is -0.396 e. The third-order valence-electron chi connectivity index (χ3n) is 6.05. The molecule has 29 heavy (non-hydrogen) atoms. The number of nitrogens with one attached hydrogen (secondary N) is 2. The Balaban J connectivity index is 0.00000300. The summed E-state index contributed by atoms with van der Waals surface area (Å²) < 4.78 is 0. The first kappa shape index (κ1) is 24.0. The van der Waals surface area contributed by atoms with E-state index in [0.717, 1.165) is 38.6 Å². The average molecular weight is 512 g/mol. The molecule has 0 spiro atoms. The van der Waals surface area contributed by atoms with Crippen LogP contribution in [0.25, 0.3) is 0 Å². The quantitative estimate of drug-likeness (QED) is 0.213. The van der Waals surface area contributed by atoms with Crippen LogP contribution >= 0.6 is 24.0 Å². The van der Waals surface area contributed by atoms with Gasteiger partial charge in [0.25, 0.3) is 0 Å². The zero-order chi connectivity index (χ0) is 19.7. The summed E-state index contributed by atoms with van der Waals surface area (Å²) in [5, 5.41) is 16.5. The molecule has 1 saturated carbocycles. The second-order valence-electron chi connectivity index (χ2n) is 8.13. The molecule has 0 saturated heterocycles. The molecule has 3 N–H and O–H groups in total. The van der Waals surface area contributed by atoms with Crippen LogP contribution in [-0.2, 0) is 6.54 Å². The number of aliphatic hydroxyl groups excluding tert-OH is 1. The van der Waals surface area contributed by atoms with E-state index in [1.54, 1.807) is 0 Å². The Morgan fingerprint density at radius 3 is 2.59 bits per heavy atom. The Hall–Kier alpha value is -1.28. The van der Waals surface area contributed by atoms with Gasteiger partial charge in [0.1, 0.15) is 0 Å². The van der Waals surface area contributed by atoms with Crippen LogP contribution < -0.4 is 15.5 Å². The van der Waals surface area contributed by atoms with Gasteiger partial charge >= 0.3 is 0 Å². The molecule has 0 aromatic heterocycles. The highest BCUT2D eigenvalue weighted by Gasteiger charge is 2.31. The summed E-state index contributed by atoms with van der Waals surface area (Å²) in [5.74, 6) is 0.874. The second kappa shape index (κ2) is 12.4. The van der Waals surface area contributed by atoms with Crippen LogP contribution in [0, 0.1) is 5.41 Å². The van der Waals surface area contributed by atoms with Crippen LogP contribution in [0.5, 0.6) is 0 Å². The molecule has 1 fully saturated rings. The van der Waals surface area contributed by atoms with E-state index in [1.807, 2.05) is 0 Å². The van der Waals surface area contributed by atoms with E-state index in [2.05, 4.69) is 58.9 Å². The van der Waals surface area contributed by atoms with E-state index in [0.29, 0.717) is 6.54 Å². The minimum atomic E-state index is 0. The molecule has 0 radical (unpaired) electrons. The fraction of sp³-hybridized carbons (Fsp3) is 0.609. The van der Waals surface area contributed by atoms with Crippen molar-refractivity contribution in [2.45, 2.75) is 52.0 Å². The highest BCUT2D eigenvalue weighted by Crippen LogP contribution is 2.38. The molecular formula is C23H37IN4O. The van der Waals surface area contributed by atoms with Gasteiger partial charge in [-0.2, -0.15) is 0 Å². The first-order valence-corrected chi connectivity index (χ1v) is 10.9. The van der Waals surface area contributed by atoms with Crippen molar-refractivity contribution in [1.29, 1.82) is 0 Å². The maximum Gasteiger partial charge on any atom is 0.191 e. The summed E-state index contributed by atoms with van der Waals surface area (Å²) in [5.41, 5.74) is 2.70. The molecule has 0 amide bonds. The van der Waals surface area contributed by atoms with Crippen LogP contribution in [0.2, 0.25) is 0 Å². The molecule has 6 heteroatoms. The molecule has 1 aliphatic heterocycles. The molecule has 1 aromatic rings. The average Bonchev–Trinajstić information content (AvgIpc) is 3.26. The van der Waals surface area contributed by atoms with Gasteiger partial charge in [-0.3, -0.25) is 0 Å². The normalized spacial score (nSPS) is 18.4. The van der Waals surface area contributed by atoms with Crippen molar-refractivity contribution in [3.8, 4) is 0 Å². The predicted molar refractivity (Wildman–Crippen MR) is 133 cm³/mol. The number of aliphatic imine (C=N–C) groups is 1. The molecule has 2 aliphatic rings. The van der Waals surface area contributed by atoms with Crippen molar-refractivity contribution in [3.05, 3.63) is 42.0 Å². The van der Waals surface area contributed by atoms with Gasteiger partial charge in [-0.15, -0.1) is 24.0 Å². The molecule has 1 heterocycles. The number of rotatable bonds is 8. The number of hydrogen-bond donors (Lipinski definition) is 3. The summed E-state index contributed by atoms with van der Waals surface area (Å²) >= 11 is 0. The highest BCUT2D eigenvalue weighted by atomic mass is 127. The van der Waals surface area contributed by atoms with E-state index >= 15 is 0 Å². The Labute approximate surface area is 193 Å². The van der Waals surface area contributed by atoms with E-state index in [9.17, 15) is 5.11 Å². The zero-order valence-corrected chi connectivity index (χ0v) is 20.0. The van der Waals surface area contributed by atoms with Gasteiger partial charge in [0, 0.05) is 38.5 Å². The van der Waals surface area contributed by atoms with Gasteiger partial charge in [0.05, 0.1) is 6.54 Å². The van der Waals surface area contributed by atoms with Gasteiger partial charge in [-0.25, -0.2) is 4.99 Å². The molecule has 162 valence electrons. The van der Waals surface area contributed by atoms with Crippen LogP contribution in [0.1, 0.15) is 51.0 Å². The molecule has 3 rings (SSSR count). The third kappa shape index (κ3) is 7.17. The minimum absolute atomic E-state index is 0. The molecule has 1 aliphatic carbocycles. The van der Waals surface area contributed by atoms with Crippen molar-refractivity contribution in [2.75, 3.05) is 37.7 Å². The first-order chi connectivity index (χ1) is 13.7. The smallest absolute Gasteiger partial charge is 0.191 e. The Morgan fingerprint density at radius 1 is 1.14 bits per heavy atom. The van der Waals surface area contributed by atoms with E-state index in [4.69, 9.17) is 4.99 Å². The van der Waals surface area contributed by atoms with Crippen molar-refractivity contribution >= 4 is 35.6 Å². The molecule has 0 unspecified atom stereocenters. The number of anilines is 1. The van der Waals surface area contributed by atoms with Gasteiger partial charge in [0.15, 0.2) is 5.96 Å². The standard InChI is InChI=1S/C23H36N4O.HI/c1-2-24-22(26-19-23(13-16-28)11-4-3-5-12-23)25-18-20-9-8-10-21(17-20)27-14-6-7-15-27;/h6-10,17,28H,2-5,11-16,18-19H2,1H3,(H2,24,25,26);1H. The zero-order valence-electron chi connectivity index (χ0n) is 17.7. The number of aliphatic hydroxyl groups is 1. The summed E-state index contributed by atoms with van der Waals surface area (Å²) in [6, 6.07) is 8.69. The van der Waals surface area contributed by atoms with Gasteiger partial charge in [0.2, 0.25) is 0 Å². The third-order valence-corrected chi connectivity index (χ3v) is 6.05. The summed E-state index contributed by atoms with van der Waals surface area (Å²) in [6.07, 6.45) is 11.6. The lowest BCUT2D eigenvalue weighted by atomic mass is 9.72. The Morgan fingerprint density at radius 2 is 1.90 bits per heavy atom. The lowest BCUT2D eigenvalue weighted by Crippen LogP contribution is -2.44. The number of benzene rings is 1. The fourth-order valence-electron chi connectivity index (χ4n) is 4.38. The van der Waals surface area contributed by atoms with Crippen LogP contribution in [0.15, 0.2) is 41.4 Å². The second-order valence-corrected chi connectivity index (χ2v) is 8.13. The summed E-state index contributed by atoms with van der Waals surface area (Å²) in [7, 11) is 0. The van der Waals surface area contributed by atoms with E-state index < -0.39 is 0 Å². The lowest BCUT2D eigenvalue weighted by Gasteiger charge is -2.37. The van der Waals surface area contributed by atoms with Crippen molar-refractivity contribution in [1.82, 2.24) is 10.6 Å². The SMILES string of the molecule is CCNC(=NCc1cccc(N2CC=CC2)c1)NCC1(CCO)CCCCC1.I. The molecule has 0 bridgehead atoms. The van der Waals surface area contributed by atoms with Crippen molar-refractivity contribution in [3.63, 3.8) is 0 Å². The molecular weight excluding hydrogens is 475 g/mol. The number of hydrogen-bond acceptors (Lipinski definition) is 3. The van der Waals surface area contributed by atoms with E-state index in [-0.39, 0.29) is 36.0 Å². The Kier molecular flexibility index (Phi) is 10.3. The van der Waals surface area contributed by atoms with Crippen LogP contribution in [0.3, 0.4) is 0 Å². The topological polar surface area (TPSA) is 59.9 Å². The van der Waals surface area contributed by atoms with Gasteiger partial charge in [-0.05, 0) is 49.3 Å². The predicted octanol–water partition coefficient (Wildman–Crippen LogP) is 4.07.